The fraction of sp³-hybridized carbons (Fsp3) is 0.529. The number of sulfone groups is 1. The number of aliphatic hydroxyl groups excluding tert-OH is 2. The minimum Gasteiger partial charge on any atom is -0.391 e. The molecule has 2 rings (SSSR count). The lowest BCUT2D eigenvalue weighted by molar-refractivity contribution is -0.124. The van der Waals surface area contributed by atoms with Crippen molar-refractivity contribution in [1.29, 1.82) is 0 Å². The quantitative estimate of drug-likeness (QED) is 0.497. The molecule has 2 amide bonds. The van der Waals surface area contributed by atoms with Crippen LogP contribution in [0.5, 0.6) is 0 Å². The Kier molecular flexibility index (Phi) is 6.74. The third-order valence-corrected chi connectivity index (χ3v) is 6.03. The van der Waals surface area contributed by atoms with E-state index in [2.05, 4.69) is 5.32 Å². The van der Waals surface area contributed by atoms with E-state index in [1.165, 1.54) is 12.1 Å². The molecule has 0 radical (unpaired) electrons. The highest BCUT2D eigenvalue weighted by Gasteiger charge is 2.32. The number of amides is 2. The average Bonchev–Trinajstić information content (AvgIpc) is 2.56. The highest BCUT2D eigenvalue weighted by molar-refractivity contribution is 7.90. The van der Waals surface area contributed by atoms with Crippen LogP contribution in [0.2, 0.25) is 0 Å². The molecule has 5 N–H and O–H groups in total. The second-order valence-electron chi connectivity index (χ2n) is 6.52. The van der Waals surface area contributed by atoms with E-state index in [-0.39, 0.29) is 12.0 Å². The maximum absolute atomic E-state index is 12.3. The summed E-state index contributed by atoms with van der Waals surface area (Å²) < 4.78 is 24.5. The highest BCUT2D eigenvalue weighted by atomic mass is 32.2. The van der Waals surface area contributed by atoms with Crippen LogP contribution in [0.1, 0.15) is 41.6 Å². The van der Waals surface area contributed by atoms with Crippen molar-refractivity contribution < 1.29 is 28.2 Å². The van der Waals surface area contributed by atoms with E-state index in [0.717, 1.165) is 0 Å². The van der Waals surface area contributed by atoms with Crippen LogP contribution in [-0.4, -0.2) is 54.4 Å². The summed E-state index contributed by atoms with van der Waals surface area (Å²) in [7, 11) is -3.65. The Morgan fingerprint density at radius 1 is 1.15 bits per heavy atom. The Labute approximate surface area is 152 Å². The highest BCUT2D eigenvalue weighted by Crippen LogP contribution is 2.19. The van der Waals surface area contributed by atoms with Crippen molar-refractivity contribution in [2.24, 2.45) is 5.73 Å². The molecule has 9 heteroatoms. The molecule has 144 valence electrons. The lowest BCUT2D eigenvalue weighted by Gasteiger charge is -2.32. The van der Waals surface area contributed by atoms with Gasteiger partial charge in [-0.1, -0.05) is 18.2 Å². The summed E-state index contributed by atoms with van der Waals surface area (Å²) in [6.45, 7) is 0. The standard InChI is InChI=1S/C17H24N2O6S/c18-17(23)12-5-2-1-4-11(12)10-26(24,25)9-8-15(22)19-16-13(20)6-3-7-14(16)21/h1-2,4-5,13-14,16,20-21H,3,6-10H2,(H2,18,23)(H,19,22)/t13-,14?,16?/m1/s1. The third-order valence-electron chi connectivity index (χ3n) is 4.45. The zero-order valence-corrected chi connectivity index (χ0v) is 15.1. The van der Waals surface area contributed by atoms with Crippen molar-refractivity contribution in [3.05, 3.63) is 35.4 Å². The lowest BCUT2D eigenvalue weighted by Crippen LogP contribution is -2.53. The first-order chi connectivity index (χ1) is 12.2. The van der Waals surface area contributed by atoms with Gasteiger partial charge < -0.3 is 21.3 Å². The Morgan fingerprint density at radius 3 is 2.38 bits per heavy atom. The zero-order chi connectivity index (χ0) is 19.3. The lowest BCUT2D eigenvalue weighted by atomic mass is 9.90. The molecule has 1 aromatic rings. The fourth-order valence-electron chi connectivity index (χ4n) is 3.05. The molecule has 1 saturated carbocycles. The summed E-state index contributed by atoms with van der Waals surface area (Å²) in [4.78, 5) is 23.4. The molecule has 0 aromatic heterocycles. The Balaban J connectivity index is 1.93. The van der Waals surface area contributed by atoms with Crippen molar-refractivity contribution in [2.75, 3.05) is 5.75 Å². The SMILES string of the molecule is NC(=O)c1ccccc1CS(=O)(=O)CCC(=O)NC1C(O)CCC[C@H]1O. The summed E-state index contributed by atoms with van der Waals surface area (Å²) in [5, 5.41) is 22.2. The summed E-state index contributed by atoms with van der Waals surface area (Å²) in [6.07, 6.45) is -0.364. The van der Waals surface area contributed by atoms with Gasteiger partial charge in [0.15, 0.2) is 9.84 Å². The van der Waals surface area contributed by atoms with Gasteiger partial charge in [-0.3, -0.25) is 9.59 Å². The maximum Gasteiger partial charge on any atom is 0.249 e. The topological polar surface area (TPSA) is 147 Å². The number of benzene rings is 1. The van der Waals surface area contributed by atoms with Gasteiger partial charge in [0.2, 0.25) is 11.8 Å². The first-order valence-electron chi connectivity index (χ1n) is 8.43. The van der Waals surface area contributed by atoms with Crippen LogP contribution in [0.25, 0.3) is 0 Å². The number of carbonyl (C=O) groups is 2. The van der Waals surface area contributed by atoms with E-state index in [1.807, 2.05) is 0 Å². The molecule has 1 aliphatic carbocycles. The molecule has 0 aliphatic heterocycles. The van der Waals surface area contributed by atoms with Gasteiger partial charge in [-0.2, -0.15) is 0 Å². The first kappa shape index (κ1) is 20.3. The molecule has 0 spiro atoms. The molecule has 0 saturated heterocycles. The van der Waals surface area contributed by atoms with E-state index in [0.29, 0.717) is 24.8 Å². The monoisotopic (exact) mass is 384 g/mol. The second kappa shape index (κ2) is 8.61. The Morgan fingerprint density at radius 2 is 1.77 bits per heavy atom. The Bertz CT molecular complexity index is 754. The number of primary amides is 1. The molecule has 1 aromatic carbocycles. The van der Waals surface area contributed by atoms with Gasteiger partial charge in [0.05, 0.1) is 29.8 Å². The van der Waals surface area contributed by atoms with Gasteiger partial charge in [0.25, 0.3) is 0 Å². The van der Waals surface area contributed by atoms with E-state index < -0.39 is 51.4 Å². The van der Waals surface area contributed by atoms with Crippen molar-refractivity contribution in [3.63, 3.8) is 0 Å². The Hall–Kier alpha value is -1.97. The molecule has 0 heterocycles. The van der Waals surface area contributed by atoms with E-state index >= 15 is 0 Å². The van der Waals surface area contributed by atoms with Crippen molar-refractivity contribution >= 4 is 21.7 Å². The van der Waals surface area contributed by atoms with Crippen LogP contribution in [-0.2, 0) is 20.4 Å². The number of nitrogens with two attached hydrogens (primary N) is 1. The van der Waals surface area contributed by atoms with Gasteiger partial charge in [-0.05, 0) is 30.9 Å². The van der Waals surface area contributed by atoms with Crippen LogP contribution >= 0.6 is 0 Å². The summed E-state index contributed by atoms with van der Waals surface area (Å²) in [5.74, 6) is -2.07. The van der Waals surface area contributed by atoms with Crippen LogP contribution in [0.4, 0.5) is 0 Å². The van der Waals surface area contributed by atoms with E-state index in [1.54, 1.807) is 12.1 Å². The smallest absolute Gasteiger partial charge is 0.249 e. The van der Waals surface area contributed by atoms with Gasteiger partial charge >= 0.3 is 0 Å². The number of aliphatic hydroxyl groups is 2. The number of hydrogen-bond donors (Lipinski definition) is 4. The molecule has 1 fully saturated rings. The first-order valence-corrected chi connectivity index (χ1v) is 10.3. The third kappa shape index (κ3) is 5.52. The summed E-state index contributed by atoms with van der Waals surface area (Å²) in [5.41, 5.74) is 5.66. The van der Waals surface area contributed by atoms with Gasteiger partial charge in [-0.15, -0.1) is 0 Å². The molecule has 3 atom stereocenters. The van der Waals surface area contributed by atoms with Crippen LogP contribution < -0.4 is 11.1 Å². The van der Waals surface area contributed by atoms with Crippen molar-refractivity contribution in [1.82, 2.24) is 5.32 Å². The molecule has 26 heavy (non-hydrogen) atoms. The van der Waals surface area contributed by atoms with Gasteiger partial charge in [-0.25, -0.2) is 8.42 Å². The number of rotatable bonds is 7. The molecular weight excluding hydrogens is 360 g/mol. The predicted molar refractivity (Wildman–Crippen MR) is 94.9 cm³/mol. The molecule has 8 nitrogen and oxygen atoms in total. The largest absolute Gasteiger partial charge is 0.391 e. The number of hydrogen-bond acceptors (Lipinski definition) is 6. The summed E-state index contributed by atoms with van der Waals surface area (Å²) in [6, 6.07) is 5.37. The van der Waals surface area contributed by atoms with Crippen LogP contribution in [0.3, 0.4) is 0 Å². The van der Waals surface area contributed by atoms with Crippen molar-refractivity contribution in [2.45, 2.75) is 49.7 Å². The van der Waals surface area contributed by atoms with Gasteiger partial charge in [0, 0.05) is 12.0 Å². The van der Waals surface area contributed by atoms with Gasteiger partial charge in [0.1, 0.15) is 0 Å². The summed E-state index contributed by atoms with van der Waals surface area (Å²) >= 11 is 0. The number of nitrogens with one attached hydrogen (secondary N) is 1. The van der Waals surface area contributed by atoms with Crippen LogP contribution in [0, 0.1) is 0 Å². The molecule has 0 bridgehead atoms. The van der Waals surface area contributed by atoms with Crippen LogP contribution in [0.15, 0.2) is 24.3 Å². The minimum atomic E-state index is -3.65. The average molecular weight is 384 g/mol. The number of carbonyl (C=O) groups excluding carboxylic acids is 2. The normalized spacial score (nSPS) is 23.4. The molecule has 1 aliphatic rings. The fourth-order valence-corrected chi connectivity index (χ4v) is 4.41. The molecule has 2 unspecified atom stereocenters. The molecular formula is C17H24N2O6S. The minimum absolute atomic E-state index is 0.133. The van der Waals surface area contributed by atoms with E-state index in [9.17, 15) is 28.2 Å². The van der Waals surface area contributed by atoms with E-state index in [4.69, 9.17) is 5.73 Å². The zero-order valence-electron chi connectivity index (χ0n) is 14.3. The second-order valence-corrected chi connectivity index (χ2v) is 8.71. The van der Waals surface area contributed by atoms with Crippen molar-refractivity contribution in [3.8, 4) is 0 Å². The predicted octanol–water partition coefficient (Wildman–Crippen LogP) is -0.519. The maximum atomic E-state index is 12.3.